The van der Waals surface area contributed by atoms with E-state index >= 15 is 0 Å². The zero-order chi connectivity index (χ0) is 13.1. The van der Waals surface area contributed by atoms with Crippen molar-refractivity contribution in [2.24, 2.45) is 0 Å². The molecule has 1 aliphatic rings. The van der Waals surface area contributed by atoms with Crippen LogP contribution in [0.5, 0.6) is 5.75 Å². The summed E-state index contributed by atoms with van der Waals surface area (Å²) in [4.78, 5) is 28.5. The fourth-order valence-corrected chi connectivity index (χ4v) is 2.07. The molecule has 1 aromatic heterocycles. The number of pyridine rings is 1. The summed E-state index contributed by atoms with van der Waals surface area (Å²) in [5.74, 6) is -0.804. The number of likely N-dealkylation sites (tertiary alicyclic amines) is 1. The van der Waals surface area contributed by atoms with Gasteiger partial charge in [-0.2, -0.15) is 0 Å². The van der Waals surface area contributed by atoms with Crippen LogP contribution in [-0.2, 0) is 4.79 Å². The molecule has 1 amide bonds. The van der Waals surface area contributed by atoms with Crippen molar-refractivity contribution < 1.29 is 19.4 Å². The minimum atomic E-state index is -0.969. The first kappa shape index (κ1) is 12.3. The number of rotatable bonds is 3. The van der Waals surface area contributed by atoms with Crippen molar-refractivity contribution in [2.45, 2.75) is 18.9 Å². The number of methoxy groups -OCH3 is 1. The highest BCUT2D eigenvalue weighted by Crippen LogP contribution is 2.21. The third-order valence-electron chi connectivity index (χ3n) is 2.98. The molecule has 6 nitrogen and oxygen atoms in total. The molecule has 0 unspecified atom stereocenters. The Morgan fingerprint density at radius 3 is 3.00 bits per heavy atom. The SMILES string of the molecule is COc1ccnc(C(=O)N2CCC[C@H]2C(=O)O)c1. The Morgan fingerprint density at radius 2 is 2.33 bits per heavy atom. The first-order valence-electron chi connectivity index (χ1n) is 5.67. The van der Waals surface area contributed by atoms with Gasteiger partial charge < -0.3 is 14.7 Å². The number of aliphatic carboxylic acids is 1. The molecule has 0 radical (unpaired) electrons. The molecule has 0 spiro atoms. The molecule has 0 aromatic carbocycles. The Bertz CT molecular complexity index is 475. The Hall–Kier alpha value is -2.11. The van der Waals surface area contributed by atoms with Crippen molar-refractivity contribution in [3.8, 4) is 5.75 Å². The van der Waals surface area contributed by atoms with Crippen LogP contribution in [0.4, 0.5) is 0 Å². The smallest absolute Gasteiger partial charge is 0.326 e. The third kappa shape index (κ3) is 2.27. The number of aromatic nitrogens is 1. The van der Waals surface area contributed by atoms with Gasteiger partial charge >= 0.3 is 5.97 Å². The maximum atomic E-state index is 12.2. The molecule has 6 heteroatoms. The lowest BCUT2D eigenvalue weighted by Gasteiger charge is -2.20. The monoisotopic (exact) mass is 250 g/mol. The summed E-state index contributed by atoms with van der Waals surface area (Å²) in [5.41, 5.74) is 0.211. The van der Waals surface area contributed by atoms with Crippen LogP contribution >= 0.6 is 0 Å². The molecule has 2 rings (SSSR count). The van der Waals surface area contributed by atoms with Gasteiger partial charge in [0.25, 0.3) is 5.91 Å². The molecule has 1 N–H and O–H groups in total. The van der Waals surface area contributed by atoms with Crippen LogP contribution in [0.25, 0.3) is 0 Å². The largest absolute Gasteiger partial charge is 0.497 e. The van der Waals surface area contributed by atoms with E-state index < -0.39 is 12.0 Å². The number of amides is 1. The van der Waals surface area contributed by atoms with Gasteiger partial charge in [-0.3, -0.25) is 9.78 Å². The number of ether oxygens (including phenoxy) is 1. The van der Waals surface area contributed by atoms with Crippen LogP contribution in [0.1, 0.15) is 23.3 Å². The summed E-state index contributed by atoms with van der Waals surface area (Å²) in [6, 6.07) is 2.40. The van der Waals surface area contributed by atoms with E-state index in [2.05, 4.69) is 4.98 Å². The molecular weight excluding hydrogens is 236 g/mol. The van der Waals surface area contributed by atoms with Crippen molar-refractivity contribution in [1.29, 1.82) is 0 Å². The van der Waals surface area contributed by atoms with Gasteiger partial charge in [0.1, 0.15) is 17.5 Å². The number of carbonyl (C=O) groups excluding carboxylic acids is 1. The molecule has 0 saturated carbocycles. The molecule has 1 saturated heterocycles. The number of carboxylic acid groups (broad SMARTS) is 1. The van der Waals surface area contributed by atoms with Gasteiger partial charge in [0.2, 0.25) is 0 Å². The molecule has 2 heterocycles. The third-order valence-corrected chi connectivity index (χ3v) is 2.98. The van der Waals surface area contributed by atoms with E-state index in [9.17, 15) is 9.59 Å². The van der Waals surface area contributed by atoms with Crippen LogP contribution < -0.4 is 4.74 Å². The van der Waals surface area contributed by atoms with Gasteiger partial charge in [-0.05, 0) is 18.9 Å². The summed E-state index contributed by atoms with van der Waals surface area (Å²) < 4.78 is 5.01. The highest BCUT2D eigenvalue weighted by atomic mass is 16.5. The normalized spacial score (nSPS) is 18.7. The molecule has 96 valence electrons. The maximum Gasteiger partial charge on any atom is 0.326 e. The van der Waals surface area contributed by atoms with Gasteiger partial charge in [-0.1, -0.05) is 0 Å². The minimum Gasteiger partial charge on any atom is -0.497 e. The van der Waals surface area contributed by atoms with Crippen molar-refractivity contribution in [3.63, 3.8) is 0 Å². The van der Waals surface area contributed by atoms with Gasteiger partial charge in [0.05, 0.1) is 7.11 Å². The van der Waals surface area contributed by atoms with Crippen molar-refractivity contribution in [1.82, 2.24) is 9.88 Å². The molecule has 0 aliphatic carbocycles. The van der Waals surface area contributed by atoms with Crippen LogP contribution in [0, 0.1) is 0 Å². The van der Waals surface area contributed by atoms with E-state index in [4.69, 9.17) is 9.84 Å². The predicted octanol–water partition coefficient (Wildman–Crippen LogP) is 0.779. The Labute approximate surface area is 104 Å². The van der Waals surface area contributed by atoms with Gasteiger partial charge in [0.15, 0.2) is 0 Å². The number of nitrogens with zero attached hydrogens (tertiary/aromatic N) is 2. The Morgan fingerprint density at radius 1 is 1.56 bits per heavy atom. The standard InChI is InChI=1S/C12H14N2O4/c1-18-8-4-5-13-9(7-8)11(15)14-6-2-3-10(14)12(16)17/h4-5,7,10H,2-3,6H2,1H3,(H,16,17)/t10-/m0/s1. The molecular formula is C12H14N2O4. The summed E-state index contributed by atoms with van der Waals surface area (Å²) in [7, 11) is 1.50. The van der Waals surface area contributed by atoms with Crippen LogP contribution in [0.2, 0.25) is 0 Å². The van der Waals surface area contributed by atoms with Crippen LogP contribution in [-0.4, -0.2) is 46.6 Å². The van der Waals surface area contributed by atoms with Crippen molar-refractivity contribution in [2.75, 3.05) is 13.7 Å². The average molecular weight is 250 g/mol. The molecule has 1 fully saturated rings. The molecule has 18 heavy (non-hydrogen) atoms. The predicted molar refractivity (Wildman–Crippen MR) is 62.5 cm³/mol. The van der Waals surface area contributed by atoms with E-state index in [-0.39, 0.29) is 11.6 Å². The second-order valence-electron chi connectivity index (χ2n) is 4.08. The number of hydrogen-bond acceptors (Lipinski definition) is 4. The van der Waals surface area contributed by atoms with Crippen molar-refractivity contribution >= 4 is 11.9 Å². The molecule has 0 bridgehead atoms. The van der Waals surface area contributed by atoms with Crippen molar-refractivity contribution in [3.05, 3.63) is 24.0 Å². The summed E-state index contributed by atoms with van der Waals surface area (Å²) in [6.07, 6.45) is 2.66. The highest BCUT2D eigenvalue weighted by Gasteiger charge is 2.34. The fraction of sp³-hybridized carbons (Fsp3) is 0.417. The number of carboxylic acids is 1. The minimum absolute atomic E-state index is 0.211. The fourth-order valence-electron chi connectivity index (χ4n) is 2.07. The zero-order valence-corrected chi connectivity index (χ0v) is 10.00. The van der Waals surface area contributed by atoms with E-state index in [1.165, 1.54) is 24.3 Å². The van der Waals surface area contributed by atoms with E-state index in [1.54, 1.807) is 6.07 Å². The zero-order valence-electron chi connectivity index (χ0n) is 10.00. The first-order valence-corrected chi connectivity index (χ1v) is 5.67. The molecule has 1 atom stereocenters. The van der Waals surface area contributed by atoms with Gasteiger partial charge in [-0.15, -0.1) is 0 Å². The lowest BCUT2D eigenvalue weighted by atomic mass is 10.2. The lowest BCUT2D eigenvalue weighted by molar-refractivity contribution is -0.141. The van der Waals surface area contributed by atoms with E-state index in [0.29, 0.717) is 25.1 Å². The topological polar surface area (TPSA) is 79.7 Å². The summed E-state index contributed by atoms with van der Waals surface area (Å²) in [6.45, 7) is 0.453. The van der Waals surface area contributed by atoms with Crippen LogP contribution in [0.15, 0.2) is 18.3 Å². The highest BCUT2D eigenvalue weighted by molar-refractivity contribution is 5.95. The number of hydrogen-bond donors (Lipinski definition) is 1. The molecule has 1 aliphatic heterocycles. The first-order chi connectivity index (χ1) is 8.63. The summed E-state index contributed by atoms with van der Waals surface area (Å²) in [5, 5.41) is 9.04. The van der Waals surface area contributed by atoms with Crippen LogP contribution in [0.3, 0.4) is 0 Å². The number of carbonyl (C=O) groups is 2. The quantitative estimate of drug-likeness (QED) is 0.857. The molecule has 1 aromatic rings. The lowest BCUT2D eigenvalue weighted by Crippen LogP contribution is -2.40. The van der Waals surface area contributed by atoms with E-state index in [0.717, 1.165) is 0 Å². The average Bonchev–Trinajstić information content (AvgIpc) is 2.87. The Kier molecular flexibility index (Phi) is 3.45. The Balaban J connectivity index is 2.22. The summed E-state index contributed by atoms with van der Waals surface area (Å²) >= 11 is 0. The second kappa shape index (κ2) is 5.03. The maximum absolute atomic E-state index is 12.2. The van der Waals surface area contributed by atoms with Gasteiger partial charge in [-0.25, -0.2) is 4.79 Å². The van der Waals surface area contributed by atoms with Gasteiger partial charge in [0, 0.05) is 18.8 Å². The second-order valence-corrected chi connectivity index (χ2v) is 4.08. The van der Waals surface area contributed by atoms with E-state index in [1.807, 2.05) is 0 Å².